The molecule has 0 saturated carbocycles. The van der Waals surface area contributed by atoms with Crippen LogP contribution in [0, 0.1) is 16.2 Å². The molecule has 2 heteroatoms. The predicted molar refractivity (Wildman–Crippen MR) is 97.0 cm³/mol. The van der Waals surface area contributed by atoms with Crippen LogP contribution in [0.2, 0.25) is 0 Å². The second-order valence-corrected chi connectivity index (χ2v) is 9.33. The molecule has 0 amide bonds. The van der Waals surface area contributed by atoms with Gasteiger partial charge in [0.15, 0.2) is 0 Å². The van der Waals surface area contributed by atoms with Crippen molar-refractivity contribution in [2.24, 2.45) is 16.2 Å². The maximum atomic E-state index is 11.2. The number of hydrogen-bond acceptors (Lipinski definition) is 2. The van der Waals surface area contributed by atoms with Crippen LogP contribution in [0.4, 0.5) is 0 Å². The Labute approximate surface area is 139 Å². The molecule has 134 valence electrons. The molecule has 2 N–H and O–H groups in total. The van der Waals surface area contributed by atoms with Crippen LogP contribution in [-0.4, -0.2) is 22.4 Å². The SMILES string of the molecule is CCCCCCC(CCC)(C(O)C(C)(C)C)C(O)C(C)(C)C. The molecule has 22 heavy (non-hydrogen) atoms. The molecule has 0 aromatic heterocycles. The van der Waals surface area contributed by atoms with Gasteiger partial charge >= 0.3 is 0 Å². The average molecular weight is 315 g/mol. The Morgan fingerprint density at radius 2 is 1.09 bits per heavy atom. The molecule has 0 fully saturated rings. The second-order valence-electron chi connectivity index (χ2n) is 9.33. The van der Waals surface area contributed by atoms with E-state index in [0.717, 1.165) is 25.7 Å². The summed E-state index contributed by atoms with van der Waals surface area (Å²) in [7, 11) is 0. The fraction of sp³-hybridized carbons (Fsp3) is 1.00. The third kappa shape index (κ3) is 5.85. The van der Waals surface area contributed by atoms with Crippen LogP contribution in [0.5, 0.6) is 0 Å². The van der Waals surface area contributed by atoms with Gasteiger partial charge < -0.3 is 10.2 Å². The van der Waals surface area contributed by atoms with Crippen LogP contribution >= 0.6 is 0 Å². The van der Waals surface area contributed by atoms with Crippen molar-refractivity contribution in [1.29, 1.82) is 0 Å². The minimum absolute atomic E-state index is 0.216. The lowest BCUT2D eigenvalue weighted by Crippen LogP contribution is -2.55. The Balaban J connectivity index is 5.54. The first-order chi connectivity index (χ1) is 9.93. The molecular weight excluding hydrogens is 272 g/mol. The molecule has 0 saturated heterocycles. The first kappa shape index (κ1) is 21.9. The summed E-state index contributed by atoms with van der Waals surface area (Å²) in [5.41, 5.74) is -0.836. The molecule has 0 spiro atoms. The zero-order chi connectivity index (χ0) is 17.6. The van der Waals surface area contributed by atoms with Crippen molar-refractivity contribution in [3.63, 3.8) is 0 Å². The molecular formula is C20H42O2. The van der Waals surface area contributed by atoms with Gasteiger partial charge in [-0.3, -0.25) is 0 Å². The van der Waals surface area contributed by atoms with Gasteiger partial charge in [0.25, 0.3) is 0 Å². The predicted octanol–water partition coefficient (Wildman–Crippen LogP) is 5.56. The van der Waals surface area contributed by atoms with Gasteiger partial charge in [-0.05, 0) is 23.7 Å². The van der Waals surface area contributed by atoms with E-state index >= 15 is 0 Å². The smallest absolute Gasteiger partial charge is 0.0669 e. The summed E-state index contributed by atoms with van der Waals surface area (Å²) in [4.78, 5) is 0. The number of aliphatic hydroxyl groups excluding tert-OH is 2. The fourth-order valence-corrected chi connectivity index (χ4v) is 3.89. The van der Waals surface area contributed by atoms with Crippen LogP contribution in [0.1, 0.15) is 100 Å². The van der Waals surface area contributed by atoms with Crippen molar-refractivity contribution >= 4 is 0 Å². The first-order valence-electron chi connectivity index (χ1n) is 9.29. The molecule has 2 nitrogen and oxygen atoms in total. The van der Waals surface area contributed by atoms with Crippen LogP contribution in [0.25, 0.3) is 0 Å². The lowest BCUT2D eigenvalue weighted by molar-refractivity contribution is -0.156. The molecule has 0 aromatic carbocycles. The molecule has 0 radical (unpaired) electrons. The fourth-order valence-electron chi connectivity index (χ4n) is 3.89. The zero-order valence-corrected chi connectivity index (χ0v) is 16.5. The Bertz CT molecular complexity index is 276. The van der Waals surface area contributed by atoms with Crippen LogP contribution in [0.3, 0.4) is 0 Å². The summed E-state index contributed by atoms with van der Waals surface area (Å²) in [6.07, 6.45) is 6.54. The lowest BCUT2D eigenvalue weighted by atomic mass is 9.58. The van der Waals surface area contributed by atoms with Crippen LogP contribution in [0.15, 0.2) is 0 Å². The molecule has 0 heterocycles. The normalized spacial score (nSPS) is 18.8. The molecule has 0 rings (SSSR count). The van der Waals surface area contributed by atoms with E-state index in [0.29, 0.717) is 0 Å². The average Bonchev–Trinajstić information content (AvgIpc) is 2.38. The summed E-state index contributed by atoms with van der Waals surface area (Å²) in [6, 6.07) is 0. The van der Waals surface area contributed by atoms with Gasteiger partial charge in [-0.1, -0.05) is 87.5 Å². The second kappa shape index (κ2) is 8.68. The summed E-state index contributed by atoms with van der Waals surface area (Å²) < 4.78 is 0. The highest BCUT2D eigenvalue weighted by Crippen LogP contribution is 2.49. The zero-order valence-electron chi connectivity index (χ0n) is 16.5. The number of aliphatic hydroxyl groups is 2. The quantitative estimate of drug-likeness (QED) is 0.547. The van der Waals surface area contributed by atoms with Gasteiger partial charge in [-0.2, -0.15) is 0 Å². The molecule has 0 bridgehead atoms. The van der Waals surface area contributed by atoms with Gasteiger partial charge in [0, 0.05) is 5.41 Å². The third-order valence-corrected chi connectivity index (χ3v) is 4.94. The summed E-state index contributed by atoms with van der Waals surface area (Å²) in [5, 5.41) is 22.3. The maximum Gasteiger partial charge on any atom is 0.0669 e. The van der Waals surface area contributed by atoms with Gasteiger partial charge in [-0.25, -0.2) is 0 Å². The molecule has 0 aliphatic carbocycles. The van der Waals surface area contributed by atoms with Gasteiger partial charge in [0.05, 0.1) is 12.2 Å². The van der Waals surface area contributed by atoms with E-state index in [9.17, 15) is 10.2 Å². The van der Waals surface area contributed by atoms with Crippen molar-refractivity contribution in [3.05, 3.63) is 0 Å². The monoisotopic (exact) mass is 314 g/mol. The number of hydrogen-bond donors (Lipinski definition) is 2. The van der Waals surface area contributed by atoms with Crippen LogP contribution in [-0.2, 0) is 0 Å². The third-order valence-electron chi connectivity index (χ3n) is 4.94. The number of rotatable bonds is 9. The topological polar surface area (TPSA) is 40.5 Å². The van der Waals surface area contributed by atoms with E-state index in [-0.39, 0.29) is 10.8 Å². The van der Waals surface area contributed by atoms with E-state index in [1.54, 1.807) is 0 Å². The standard InChI is InChI=1S/C20H42O2/c1-9-11-12-13-15-20(14-10-2,16(21)18(3,4)5)17(22)19(6,7)8/h16-17,21-22H,9-15H2,1-8H3. The van der Waals surface area contributed by atoms with Gasteiger partial charge in [-0.15, -0.1) is 0 Å². The number of unbranched alkanes of at least 4 members (excludes halogenated alkanes) is 3. The van der Waals surface area contributed by atoms with E-state index in [1.807, 2.05) is 0 Å². The molecule has 0 aliphatic heterocycles. The minimum Gasteiger partial charge on any atom is -0.392 e. The van der Waals surface area contributed by atoms with Crippen molar-refractivity contribution in [2.45, 2.75) is 113 Å². The van der Waals surface area contributed by atoms with Gasteiger partial charge in [0.2, 0.25) is 0 Å². The molecule has 0 aromatic rings. The Kier molecular flexibility index (Phi) is 8.65. The lowest BCUT2D eigenvalue weighted by Gasteiger charge is -2.51. The summed E-state index contributed by atoms with van der Waals surface area (Å²) >= 11 is 0. The summed E-state index contributed by atoms with van der Waals surface area (Å²) in [5.74, 6) is 0. The summed E-state index contributed by atoms with van der Waals surface area (Å²) in [6.45, 7) is 16.9. The first-order valence-corrected chi connectivity index (χ1v) is 9.29. The van der Waals surface area contributed by atoms with Crippen molar-refractivity contribution in [2.75, 3.05) is 0 Å². The van der Waals surface area contributed by atoms with E-state index < -0.39 is 17.6 Å². The van der Waals surface area contributed by atoms with Crippen molar-refractivity contribution < 1.29 is 10.2 Å². The maximum absolute atomic E-state index is 11.2. The Morgan fingerprint density at radius 3 is 1.41 bits per heavy atom. The van der Waals surface area contributed by atoms with Crippen molar-refractivity contribution in [1.82, 2.24) is 0 Å². The highest BCUT2D eigenvalue weighted by atomic mass is 16.3. The van der Waals surface area contributed by atoms with Gasteiger partial charge in [0.1, 0.15) is 0 Å². The van der Waals surface area contributed by atoms with Crippen molar-refractivity contribution in [3.8, 4) is 0 Å². The Morgan fingerprint density at radius 1 is 0.636 bits per heavy atom. The van der Waals surface area contributed by atoms with E-state index in [2.05, 4.69) is 55.4 Å². The molecule has 2 atom stereocenters. The Hall–Kier alpha value is -0.0800. The molecule has 0 aliphatic rings. The molecule has 2 unspecified atom stereocenters. The van der Waals surface area contributed by atoms with Crippen LogP contribution < -0.4 is 0 Å². The van der Waals surface area contributed by atoms with E-state index in [4.69, 9.17) is 0 Å². The highest BCUT2D eigenvalue weighted by molar-refractivity contribution is 5.00. The largest absolute Gasteiger partial charge is 0.392 e. The highest BCUT2D eigenvalue weighted by Gasteiger charge is 2.51. The minimum atomic E-state index is -0.490. The van der Waals surface area contributed by atoms with E-state index in [1.165, 1.54) is 19.3 Å².